The normalized spacial score (nSPS) is 12.7. The molecule has 142 valence electrons. The first kappa shape index (κ1) is 19.6. The van der Waals surface area contributed by atoms with E-state index in [-0.39, 0.29) is 4.90 Å². The van der Waals surface area contributed by atoms with Gasteiger partial charge in [0.2, 0.25) is 10.0 Å². The monoisotopic (exact) mass is 449 g/mol. The third-order valence-corrected chi connectivity index (χ3v) is 6.34. The smallest absolute Gasteiger partial charge is 0.241 e. The van der Waals surface area contributed by atoms with Gasteiger partial charge in [-0.25, -0.2) is 13.4 Å². The van der Waals surface area contributed by atoms with Crippen LogP contribution in [0.1, 0.15) is 23.0 Å². The van der Waals surface area contributed by atoms with Crippen LogP contribution in [0.25, 0.3) is 0 Å². The minimum absolute atomic E-state index is 0.226. The summed E-state index contributed by atoms with van der Waals surface area (Å²) in [7, 11) is -0.366. The van der Waals surface area contributed by atoms with Crippen molar-refractivity contribution in [1.82, 2.24) is 14.3 Å². The van der Waals surface area contributed by atoms with Gasteiger partial charge in [-0.3, -0.25) is 0 Å². The summed E-state index contributed by atoms with van der Waals surface area (Å²) in [4.78, 5) is 4.57. The molecule has 0 spiro atoms. The summed E-state index contributed by atoms with van der Waals surface area (Å²) in [6.45, 7) is 1.77. The van der Waals surface area contributed by atoms with E-state index in [9.17, 15) is 8.42 Å². The number of ether oxygens (including phenoxy) is 1. The Kier molecular flexibility index (Phi) is 5.69. The molecule has 8 heteroatoms. The summed E-state index contributed by atoms with van der Waals surface area (Å²) in [5.41, 5.74) is 1.43. The molecule has 27 heavy (non-hydrogen) atoms. The maximum absolute atomic E-state index is 13.1. The first-order valence-electron chi connectivity index (χ1n) is 8.21. The Hall–Kier alpha value is -2.16. The molecule has 0 radical (unpaired) electrons. The molecule has 0 aliphatic rings. The predicted octanol–water partition coefficient (Wildman–Crippen LogP) is 3.57. The van der Waals surface area contributed by atoms with Gasteiger partial charge in [0.15, 0.2) is 0 Å². The summed E-state index contributed by atoms with van der Waals surface area (Å²) in [5, 5.41) is 0. The van der Waals surface area contributed by atoms with Crippen LogP contribution in [0.2, 0.25) is 0 Å². The highest BCUT2D eigenvalue weighted by atomic mass is 79.9. The lowest BCUT2D eigenvalue weighted by molar-refractivity contribution is 0.414. The Balaban J connectivity index is 2.05. The SMILES string of the molecule is COc1ccc(C(NS(=O)(=O)c2cc(Br)ccc2C)c2nccn2C)cc1. The number of imidazole rings is 1. The maximum atomic E-state index is 13.1. The molecule has 0 amide bonds. The molecule has 0 bridgehead atoms. The summed E-state index contributed by atoms with van der Waals surface area (Å²) < 4.78 is 36.7. The number of hydrogen-bond acceptors (Lipinski definition) is 4. The highest BCUT2D eigenvalue weighted by molar-refractivity contribution is 9.10. The van der Waals surface area contributed by atoms with E-state index >= 15 is 0 Å². The van der Waals surface area contributed by atoms with Crippen molar-refractivity contribution in [3.63, 3.8) is 0 Å². The molecule has 3 aromatic rings. The van der Waals surface area contributed by atoms with Crippen LogP contribution in [-0.4, -0.2) is 25.1 Å². The molecule has 0 aliphatic carbocycles. The molecule has 0 fully saturated rings. The molecule has 1 heterocycles. The summed E-state index contributed by atoms with van der Waals surface area (Å²) >= 11 is 3.34. The van der Waals surface area contributed by atoms with Gasteiger partial charge in [0.1, 0.15) is 17.6 Å². The van der Waals surface area contributed by atoms with E-state index in [1.807, 2.05) is 25.2 Å². The number of sulfonamides is 1. The minimum Gasteiger partial charge on any atom is -0.497 e. The Labute approximate surface area is 167 Å². The number of halogens is 1. The van der Waals surface area contributed by atoms with E-state index in [4.69, 9.17) is 4.74 Å². The number of nitrogens with zero attached hydrogens (tertiary/aromatic N) is 2. The maximum Gasteiger partial charge on any atom is 0.241 e. The van der Waals surface area contributed by atoms with E-state index < -0.39 is 16.1 Å². The standard InChI is InChI=1S/C19H20BrN3O3S/c1-13-4-7-15(20)12-17(13)27(24,25)22-18(19-21-10-11-23(19)2)14-5-8-16(26-3)9-6-14/h4-12,18,22H,1-3H3. The van der Waals surface area contributed by atoms with Crippen molar-refractivity contribution in [3.05, 3.63) is 76.3 Å². The van der Waals surface area contributed by atoms with Gasteiger partial charge in [0.05, 0.1) is 12.0 Å². The fourth-order valence-electron chi connectivity index (χ4n) is 2.80. The molecule has 3 rings (SSSR count). The average Bonchev–Trinajstić information content (AvgIpc) is 3.07. The van der Waals surface area contributed by atoms with Crippen molar-refractivity contribution in [1.29, 1.82) is 0 Å². The molecule has 1 N–H and O–H groups in total. The Morgan fingerprint density at radius 2 is 1.89 bits per heavy atom. The van der Waals surface area contributed by atoms with E-state index in [1.165, 1.54) is 0 Å². The number of hydrogen-bond donors (Lipinski definition) is 1. The largest absolute Gasteiger partial charge is 0.497 e. The van der Waals surface area contributed by atoms with Crippen LogP contribution in [0, 0.1) is 6.92 Å². The number of aromatic nitrogens is 2. The lowest BCUT2D eigenvalue weighted by Crippen LogP contribution is -2.31. The molecular formula is C19H20BrN3O3S. The zero-order valence-electron chi connectivity index (χ0n) is 15.2. The molecule has 1 aromatic heterocycles. The van der Waals surface area contributed by atoms with Gasteiger partial charge >= 0.3 is 0 Å². The van der Waals surface area contributed by atoms with Crippen molar-refractivity contribution in [3.8, 4) is 5.75 Å². The summed E-state index contributed by atoms with van der Waals surface area (Å²) in [5.74, 6) is 1.29. The van der Waals surface area contributed by atoms with E-state index in [0.29, 0.717) is 21.6 Å². The van der Waals surface area contributed by atoms with Crippen LogP contribution in [0.5, 0.6) is 5.75 Å². The lowest BCUT2D eigenvalue weighted by atomic mass is 10.1. The van der Waals surface area contributed by atoms with Gasteiger partial charge in [0.25, 0.3) is 0 Å². The number of nitrogens with one attached hydrogen (secondary N) is 1. The quantitative estimate of drug-likeness (QED) is 0.624. The summed E-state index contributed by atoms with van der Waals surface area (Å²) in [6.07, 6.45) is 3.43. The number of benzene rings is 2. The first-order valence-corrected chi connectivity index (χ1v) is 10.5. The third kappa shape index (κ3) is 4.23. The van der Waals surface area contributed by atoms with Gasteiger partial charge in [-0.1, -0.05) is 34.1 Å². The van der Waals surface area contributed by atoms with E-state index in [1.54, 1.807) is 55.3 Å². The molecule has 6 nitrogen and oxygen atoms in total. The average molecular weight is 450 g/mol. The molecule has 0 aliphatic heterocycles. The van der Waals surface area contributed by atoms with Crippen molar-refractivity contribution < 1.29 is 13.2 Å². The van der Waals surface area contributed by atoms with Crippen LogP contribution in [0.15, 0.2) is 64.2 Å². The minimum atomic E-state index is -3.78. The number of rotatable bonds is 6. The van der Waals surface area contributed by atoms with Gasteiger partial charge in [-0.2, -0.15) is 4.72 Å². The van der Waals surface area contributed by atoms with Crippen LogP contribution in [0.4, 0.5) is 0 Å². The zero-order valence-corrected chi connectivity index (χ0v) is 17.6. The Bertz CT molecular complexity index is 1050. The van der Waals surface area contributed by atoms with Gasteiger partial charge in [-0.15, -0.1) is 0 Å². The highest BCUT2D eigenvalue weighted by Gasteiger charge is 2.27. The fraction of sp³-hybridized carbons (Fsp3) is 0.211. The molecular weight excluding hydrogens is 430 g/mol. The van der Waals surface area contributed by atoms with Crippen molar-refractivity contribution in [2.45, 2.75) is 17.9 Å². The van der Waals surface area contributed by atoms with Crippen molar-refractivity contribution in [2.24, 2.45) is 7.05 Å². The van der Waals surface area contributed by atoms with Crippen LogP contribution in [0.3, 0.4) is 0 Å². The van der Waals surface area contributed by atoms with Crippen molar-refractivity contribution in [2.75, 3.05) is 7.11 Å². The third-order valence-electron chi connectivity index (χ3n) is 4.28. The molecule has 0 saturated carbocycles. The molecule has 2 aromatic carbocycles. The first-order chi connectivity index (χ1) is 12.8. The van der Waals surface area contributed by atoms with Gasteiger partial charge in [0, 0.05) is 23.9 Å². The second-order valence-electron chi connectivity index (χ2n) is 6.13. The Morgan fingerprint density at radius 3 is 2.48 bits per heavy atom. The predicted molar refractivity (Wildman–Crippen MR) is 107 cm³/mol. The van der Waals surface area contributed by atoms with Crippen LogP contribution >= 0.6 is 15.9 Å². The highest BCUT2D eigenvalue weighted by Crippen LogP contribution is 2.27. The summed E-state index contributed by atoms with van der Waals surface area (Å²) in [6, 6.07) is 11.8. The zero-order chi connectivity index (χ0) is 19.6. The topological polar surface area (TPSA) is 73.2 Å². The van der Waals surface area contributed by atoms with Crippen LogP contribution < -0.4 is 9.46 Å². The molecule has 0 saturated heterocycles. The van der Waals surface area contributed by atoms with Crippen LogP contribution in [-0.2, 0) is 17.1 Å². The molecule has 1 unspecified atom stereocenters. The van der Waals surface area contributed by atoms with Crippen molar-refractivity contribution >= 4 is 26.0 Å². The van der Waals surface area contributed by atoms with E-state index in [2.05, 4.69) is 25.6 Å². The number of aryl methyl sites for hydroxylation is 2. The Morgan fingerprint density at radius 1 is 1.19 bits per heavy atom. The second-order valence-corrected chi connectivity index (χ2v) is 8.73. The fourth-order valence-corrected chi connectivity index (χ4v) is 4.77. The van der Waals surface area contributed by atoms with Gasteiger partial charge < -0.3 is 9.30 Å². The molecule has 1 atom stereocenters. The second kappa shape index (κ2) is 7.84. The lowest BCUT2D eigenvalue weighted by Gasteiger charge is -2.20. The van der Waals surface area contributed by atoms with E-state index in [0.717, 1.165) is 5.56 Å². The number of methoxy groups -OCH3 is 1. The van der Waals surface area contributed by atoms with Gasteiger partial charge in [-0.05, 0) is 42.3 Å².